The summed E-state index contributed by atoms with van der Waals surface area (Å²) in [7, 11) is 1.60. The minimum absolute atomic E-state index is 0.270. The zero-order chi connectivity index (χ0) is 12.3. The van der Waals surface area contributed by atoms with Crippen molar-refractivity contribution >= 4 is 11.6 Å². The van der Waals surface area contributed by atoms with E-state index in [2.05, 4.69) is 0 Å². The SMILES string of the molecule is COC(C)(C)C(N)Cc1ccc(Cl)cc1F. The maximum absolute atomic E-state index is 13.5. The lowest BCUT2D eigenvalue weighted by atomic mass is 9.93. The minimum Gasteiger partial charge on any atom is -0.377 e. The van der Waals surface area contributed by atoms with Crippen LogP contribution in [0.2, 0.25) is 5.02 Å². The smallest absolute Gasteiger partial charge is 0.127 e. The molecule has 16 heavy (non-hydrogen) atoms. The zero-order valence-electron chi connectivity index (χ0n) is 9.76. The van der Waals surface area contributed by atoms with E-state index in [1.54, 1.807) is 19.2 Å². The highest BCUT2D eigenvalue weighted by atomic mass is 35.5. The number of rotatable bonds is 4. The molecule has 0 aliphatic carbocycles. The zero-order valence-corrected chi connectivity index (χ0v) is 10.5. The van der Waals surface area contributed by atoms with Crippen LogP contribution in [-0.2, 0) is 11.2 Å². The molecule has 2 nitrogen and oxygen atoms in total. The van der Waals surface area contributed by atoms with E-state index in [0.717, 1.165) is 0 Å². The molecule has 0 spiro atoms. The third kappa shape index (κ3) is 3.17. The first-order valence-electron chi connectivity index (χ1n) is 5.11. The lowest BCUT2D eigenvalue weighted by molar-refractivity contribution is 0.000638. The summed E-state index contributed by atoms with van der Waals surface area (Å²) >= 11 is 5.67. The number of hydrogen-bond acceptors (Lipinski definition) is 2. The van der Waals surface area contributed by atoms with Crippen LogP contribution in [0.15, 0.2) is 18.2 Å². The Labute approximate surface area is 101 Å². The highest BCUT2D eigenvalue weighted by molar-refractivity contribution is 6.30. The van der Waals surface area contributed by atoms with Crippen molar-refractivity contribution in [1.29, 1.82) is 0 Å². The summed E-state index contributed by atoms with van der Waals surface area (Å²) < 4.78 is 18.8. The van der Waals surface area contributed by atoms with Gasteiger partial charge in [-0.2, -0.15) is 0 Å². The van der Waals surface area contributed by atoms with Crippen molar-refractivity contribution < 1.29 is 9.13 Å². The van der Waals surface area contributed by atoms with Crippen molar-refractivity contribution in [3.63, 3.8) is 0 Å². The fourth-order valence-electron chi connectivity index (χ4n) is 1.32. The van der Waals surface area contributed by atoms with E-state index in [-0.39, 0.29) is 11.9 Å². The molecular weight excluding hydrogens is 229 g/mol. The standard InChI is InChI=1S/C12H17ClFNO/c1-12(2,16-3)11(15)6-8-4-5-9(13)7-10(8)14/h4-5,7,11H,6,15H2,1-3H3. The molecule has 0 aromatic heterocycles. The van der Waals surface area contributed by atoms with Crippen LogP contribution in [0.25, 0.3) is 0 Å². The van der Waals surface area contributed by atoms with Gasteiger partial charge in [0.1, 0.15) is 5.82 Å². The van der Waals surface area contributed by atoms with Crippen LogP contribution in [0, 0.1) is 5.82 Å². The van der Waals surface area contributed by atoms with Crippen molar-refractivity contribution in [3.8, 4) is 0 Å². The van der Waals surface area contributed by atoms with Gasteiger partial charge in [0.2, 0.25) is 0 Å². The third-order valence-corrected chi connectivity index (χ3v) is 3.11. The molecule has 0 saturated heterocycles. The predicted molar refractivity (Wildman–Crippen MR) is 64.2 cm³/mol. The van der Waals surface area contributed by atoms with Crippen LogP contribution in [0.5, 0.6) is 0 Å². The van der Waals surface area contributed by atoms with Gasteiger partial charge in [0.05, 0.1) is 5.60 Å². The Morgan fingerprint density at radius 1 is 1.50 bits per heavy atom. The van der Waals surface area contributed by atoms with E-state index < -0.39 is 5.60 Å². The van der Waals surface area contributed by atoms with Crippen molar-refractivity contribution in [3.05, 3.63) is 34.6 Å². The fourth-order valence-corrected chi connectivity index (χ4v) is 1.48. The first-order chi connectivity index (χ1) is 7.36. The molecule has 0 amide bonds. The number of halogens is 2. The molecule has 4 heteroatoms. The average Bonchev–Trinajstić information content (AvgIpc) is 2.22. The molecule has 0 aliphatic heterocycles. The number of nitrogens with two attached hydrogens (primary N) is 1. The van der Waals surface area contributed by atoms with Crippen LogP contribution < -0.4 is 5.73 Å². The Morgan fingerprint density at radius 3 is 2.62 bits per heavy atom. The second kappa shape index (κ2) is 5.13. The van der Waals surface area contributed by atoms with Crippen LogP contribution >= 0.6 is 11.6 Å². The van der Waals surface area contributed by atoms with Gasteiger partial charge in [0, 0.05) is 18.2 Å². The lowest BCUT2D eigenvalue weighted by Gasteiger charge is -2.30. The van der Waals surface area contributed by atoms with E-state index >= 15 is 0 Å². The van der Waals surface area contributed by atoms with Gasteiger partial charge in [0.15, 0.2) is 0 Å². The Bertz CT molecular complexity index is 368. The van der Waals surface area contributed by atoms with Gasteiger partial charge in [-0.05, 0) is 38.0 Å². The highest BCUT2D eigenvalue weighted by Crippen LogP contribution is 2.20. The Kier molecular flexibility index (Phi) is 4.30. The molecule has 0 radical (unpaired) electrons. The molecule has 1 unspecified atom stereocenters. The topological polar surface area (TPSA) is 35.2 Å². The van der Waals surface area contributed by atoms with Gasteiger partial charge in [-0.25, -0.2) is 4.39 Å². The Morgan fingerprint density at radius 2 is 2.12 bits per heavy atom. The molecule has 0 saturated carbocycles. The fraction of sp³-hybridized carbons (Fsp3) is 0.500. The van der Waals surface area contributed by atoms with Gasteiger partial charge >= 0.3 is 0 Å². The molecule has 1 aromatic carbocycles. The summed E-state index contributed by atoms with van der Waals surface area (Å²) in [6.45, 7) is 3.76. The summed E-state index contributed by atoms with van der Waals surface area (Å²) in [4.78, 5) is 0. The number of benzene rings is 1. The van der Waals surface area contributed by atoms with Gasteiger partial charge in [-0.15, -0.1) is 0 Å². The number of methoxy groups -OCH3 is 1. The Balaban J connectivity index is 2.81. The molecule has 1 rings (SSSR count). The predicted octanol–water partition coefficient (Wildman–Crippen LogP) is 2.77. The van der Waals surface area contributed by atoms with Gasteiger partial charge in [-0.3, -0.25) is 0 Å². The summed E-state index contributed by atoms with van der Waals surface area (Å²) in [6.07, 6.45) is 0.420. The largest absolute Gasteiger partial charge is 0.377 e. The molecule has 2 N–H and O–H groups in total. The normalized spacial score (nSPS) is 13.9. The third-order valence-electron chi connectivity index (χ3n) is 2.87. The van der Waals surface area contributed by atoms with Gasteiger partial charge in [-0.1, -0.05) is 17.7 Å². The summed E-state index contributed by atoms with van der Waals surface area (Å²) in [5.41, 5.74) is 6.05. The maximum Gasteiger partial charge on any atom is 0.127 e. The molecule has 0 aliphatic rings. The molecule has 0 fully saturated rings. The van der Waals surface area contributed by atoms with E-state index in [1.165, 1.54) is 6.07 Å². The van der Waals surface area contributed by atoms with E-state index in [4.69, 9.17) is 22.1 Å². The molecule has 0 heterocycles. The summed E-state index contributed by atoms with van der Waals surface area (Å²) in [5.74, 6) is -0.324. The van der Waals surface area contributed by atoms with Crippen LogP contribution in [0.1, 0.15) is 19.4 Å². The minimum atomic E-state index is -0.480. The number of hydrogen-bond donors (Lipinski definition) is 1. The monoisotopic (exact) mass is 245 g/mol. The summed E-state index contributed by atoms with van der Waals surface area (Å²) in [6, 6.07) is 4.34. The lowest BCUT2D eigenvalue weighted by Crippen LogP contribution is -2.46. The van der Waals surface area contributed by atoms with Crippen molar-refractivity contribution in [2.45, 2.75) is 31.9 Å². The molecule has 1 atom stereocenters. The van der Waals surface area contributed by atoms with Gasteiger partial charge < -0.3 is 10.5 Å². The molecule has 1 aromatic rings. The maximum atomic E-state index is 13.5. The Hall–Kier alpha value is -0.640. The highest BCUT2D eigenvalue weighted by Gasteiger charge is 2.26. The summed E-state index contributed by atoms with van der Waals surface area (Å²) in [5, 5.41) is 0.390. The van der Waals surface area contributed by atoms with Gasteiger partial charge in [0.25, 0.3) is 0 Å². The van der Waals surface area contributed by atoms with E-state index in [0.29, 0.717) is 17.0 Å². The van der Waals surface area contributed by atoms with Crippen LogP contribution in [-0.4, -0.2) is 18.8 Å². The van der Waals surface area contributed by atoms with Crippen LogP contribution in [0.3, 0.4) is 0 Å². The van der Waals surface area contributed by atoms with Crippen molar-refractivity contribution in [2.24, 2.45) is 5.73 Å². The van der Waals surface area contributed by atoms with E-state index in [9.17, 15) is 4.39 Å². The van der Waals surface area contributed by atoms with Crippen molar-refractivity contribution in [2.75, 3.05) is 7.11 Å². The molecule has 0 bridgehead atoms. The average molecular weight is 246 g/mol. The first kappa shape index (κ1) is 13.4. The molecule has 90 valence electrons. The second-order valence-corrected chi connectivity index (χ2v) is 4.79. The van der Waals surface area contributed by atoms with Crippen molar-refractivity contribution in [1.82, 2.24) is 0 Å². The quantitative estimate of drug-likeness (QED) is 0.885. The number of ether oxygens (including phenoxy) is 1. The van der Waals surface area contributed by atoms with E-state index in [1.807, 2.05) is 13.8 Å². The second-order valence-electron chi connectivity index (χ2n) is 4.35. The molecular formula is C12H17ClFNO. The van der Waals surface area contributed by atoms with Crippen LogP contribution in [0.4, 0.5) is 4.39 Å². The first-order valence-corrected chi connectivity index (χ1v) is 5.49.